The first-order valence-electron chi connectivity index (χ1n) is 4.33. The molecule has 5 heteroatoms. The molecule has 2 aromatic rings. The van der Waals surface area contributed by atoms with Crippen molar-refractivity contribution in [2.75, 3.05) is 0 Å². The van der Waals surface area contributed by atoms with Crippen molar-refractivity contribution < 1.29 is 26.5 Å². The van der Waals surface area contributed by atoms with Crippen LogP contribution in [0.15, 0.2) is 42.7 Å². The van der Waals surface area contributed by atoms with Gasteiger partial charge in [-0.1, -0.05) is 35.5 Å². The molecule has 1 N–H and O–H groups in total. The number of carbonyl (C=O) groups is 1. The minimum atomic E-state index is 0. The number of Topliss-reactive ketones (excluding diaryl/α,β-unsaturated/α-hetero) is 1. The van der Waals surface area contributed by atoms with E-state index < -0.39 is 0 Å². The van der Waals surface area contributed by atoms with Gasteiger partial charge in [0.1, 0.15) is 0 Å². The normalized spacial score (nSPS) is 9.33. The Morgan fingerprint density at radius 3 is 2.67 bits per heavy atom. The number of H-pyrrole nitrogens is 1. The van der Waals surface area contributed by atoms with Crippen LogP contribution in [0, 0.1) is 0 Å². The summed E-state index contributed by atoms with van der Waals surface area (Å²) in [7, 11) is 0. The molecular weight excluding hydrogens is 258 g/mol. The summed E-state index contributed by atoms with van der Waals surface area (Å²) in [6.07, 6.45) is 3.33. The summed E-state index contributed by atoms with van der Waals surface area (Å²) < 4.78 is 1.63. The first kappa shape index (κ1) is 11.6. The summed E-state index contributed by atoms with van der Waals surface area (Å²) in [5.74, 6) is 0.0693. The van der Waals surface area contributed by atoms with Crippen molar-refractivity contribution in [3.05, 3.63) is 48.3 Å². The van der Waals surface area contributed by atoms with E-state index in [2.05, 4.69) is 10.3 Å². The van der Waals surface area contributed by atoms with Gasteiger partial charge < -0.3 is 17.0 Å². The Morgan fingerprint density at radius 2 is 2.07 bits per heavy atom. The number of hydrogen-bond donors (Lipinski definition) is 1. The highest BCUT2D eigenvalue weighted by molar-refractivity contribution is 5.94. The number of aromatic amines is 1. The van der Waals surface area contributed by atoms with E-state index in [0.29, 0.717) is 6.54 Å². The number of nitrogens with one attached hydrogen (secondary N) is 1. The van der Waals surface area contributed by atoms with E-state index >= 15 is 0 Å². The van der Waals surface area contributed by atoms with E-state index in [1.54, 1.807) is 29.2 Å². The van der Waals surface area contributed by atoms with Crippen LogP contribution >= 0.6 is 0 Å². The minimum Gasteiger partial charge on any atom is -1.00 e. The number of aromatic nitrogens is 3. The molecule has 0 saturated heterocycles. The molecule has 15 heavy (non-hydrogen) atoms. The standard InChI is InChI=1S/C10H9N3O.BrH/c14-10(8-13-7-6-11-12-13)9-4-2-1-3-5-9;/h1-7H,8H2;1H. The molecule has 1 heterocycles. The SMILES string of the molecule is O=C(C[n+]1ccn[nH]1)c1ccccc1.[Br-]. The second kappa shape index (κ2) is 5.41. The van der Waals surface area contributed by atoms with Crippen LogP contribution in [0.2, 0.25) is 0 Å². The van der Waals surface area contributed by atoms with Crippen LogP contribution in [-0.2, 0) is 6.54 Å². The van der Waals surface area contributed by atoms with Gasteiger partial charge in [-0.3, -0.25) is 4.79 Å². The van der Waals surface area contributed by atoms with Crippen LogP contribution in [0.4, 0.5) is 0 Å². The topological polar surface area (TPSA) is 49.6 Å². The zero-order valence-corrected chi connectivity index (χ0v) is 9.52. The predicted octanol–water partition coefficient (Wildman–Crippen LogP) is -2.42. The van der Waals surface area contributed by atoms with E-state index in [1.165, 1.54) is 0 Å². The highest BCUT2D eigenvalue weighted by atomic mass is 79.9. The van der Waals surface area contributed by atoms with Crippen LogP contribution in [-0.4, -0.2) is 16.1 Å². The molecule has 1 aromatic carbocycles. The zero-order valence-electron chi connectivity index (χ0n) is 7.93. The van der Waals surface area contributed by atoms with Gasteiger partial charge in [-0.2, -0.15) is 4.68 Å². The molecule has 0 bridgehead atoms. The third kappa shape index (κ3) is 2.99. The number of hydrogen-bond acceptors (Lipinski definition) is 2. The quantitative estimate of drug-likeness (QED) is 0.498. The average molecular weight is 268 g/mol. The van der Waals surface area contributed by atoms with E-state index in [1.807, 2.05) is 18.2 Å². The first-order chi connectivity index (χ1) is 6.86. The van der Waals surface area contributed by atoms with Crippen LogP contribution in [0.5, 0.6) is 0 Å². The maximum atomic E-state index is 11.6. The van der Waals surface area contributed by atoms with E-state index in [-0.39, 0.29) is 22.8 Å². The van der Waals surface area contributed by atoms with Gasteiger partial charge in [0.25, 0.3) is 0 Å². The van der Waals surface area contributed by atoms with Crippen LogP contribution in [0.25, 0.3) is 0 Å². The van der Waals surface area contributed by atoms with Crippen molar-refractivity contribution in [3.63, 3.8) is 0 Å². The lowest BCUT2D eigenvalue weighted by atomic mass is 10.1. The lowest BCUT2D eigenvalue weighted by Crippen LogP contribution is -3.00. The lowest BCUT2D eigenvalue weighted by molar-refractivity contribution is -0.741. The number of halogens is 1. The van der Waals surface area contributed by atoms with Gasteiger partial charge in [0.2, 0.25) is 12.0 Å². The van der Waals surface area contributed by atoms with Crippen LogP contribution in [0.3, 0.4) is 0 Å². The van der Waals surface area contributed by atoms with Gasteiger partial charge in [-0.25, -0.2) is 0 Å². The fourth-order valence-electron chi connectivity index (χ4n) is 1.21. The minimum absolute atomic E-state index is 0. The Hall–Kier alpha value is -1.49. The van der Waals surface area contributed by atoms with E-state index in [9.17, 15) is 4.79 Å². The van der Waals surface area contributed by atoms with Gasteiger partial charge in [0, 0.05) is 10.7 Å². The van der Waals surface area contributed by atoms with Crippen molar-refractivity contribution in [1.82, 2.24) is 10.3 Å². The second-order valence-corrected chi connectivity index (χ2v) is 2.94. The fourth-order valence-corrected chi connectivity index (χ4v) is 1.21. The molecule has 0 unspecified atom stereocenters. The van der Waals surface area contributed by atoms with Gasteiger partial charge in [-0.05, 0) is 0 Å². The third-order valence-electron chi connectivity index (χ3n) is 1.92. The summed E-state index contributed by atoms with van der Waals surface area (Å²) in [6, 6.07) is 9.20. The number of rotatable bonds is 3. The molecule has 0 saturated carbocycles. The highest BCUT2D eigenvalue weighted by Gasteiger charge is 2.09. The van der Waals surface area contributed by atoms with Crippen molar-refractivity contribution in [1.29, 1.82) is 0 Å². The summed E-state index contributed by atoms with van der Waals surface area (Å²) in [5, 5.41) is 6.44. The third-order valence-corrected chi connectivity index (χ3v) is 1.92. The Labute approximate surface area is 97.7 Å². The van der Waals surface area contributed by atoms with Crippen molar-refractivity contribution in [2.24, 2.45) is 0 Å². The number of carbonyl (C=O) groups excluding carboxylic acids is 1. The second-order valence-electron chi connectivity index (χ2n) is 2.94. The van der Waals surface area contributed by atoms with Gasteiger partial charge >= 0.3 is 0 Å². The maximum absolute atomic E-state index is 11.6. The fraction of sp³-hybridized carbons (Fsp3) is 0.100. The summed E-state index contributed by atoms with van der Waals surface area (Å²) in [4.78, 5) is 11.6. The molecule has 0 fully saturated rings. The largest absolute Gasteiger partial charge is 1.00 e. The maximum Gasteiger partial charge on any atom is 0.206 e. The molecule has 1 aromatic heterocycles. The molecule has 0 radical (unpaired) electrons. The van der Waals surface area contributed by atoms with Crippen molar-refractivity contribution in [3.8, 4) is 0 Å². The molecule has 0 amide bonds. The molecule has 78 valence electrons. The van der Waals surface area contributed by atoms with Gasteiger partial charge in [-0.15, -0.1) is 0 Å². The predicted molar refractivity (Wildman–Crippen MR) is 49.6 cm³/mol. The lowest BCUT2D eigenvalue weighted by Gasteiger charge is -1.96. The van der Waals surface area contributed by atoms with E-state index in [0.717, 1.165) is 5.56 Å². The smallest absolute Gasteiger partial charge is 0.206 e. The van der Waals surface area contributed by atoms with Crippen molar-refractivity contribution in [2.45, 2.75) is 6.54 Å². The van der Waals surface area contributed by atoms with Crippen LogP contribution < -0.4 is 21.7 Å². The van der Waals surface area contributed by atoms with Gasteiger partial charge in [0.15, 0.2) is 12.7 Å². The number of benzene rings is 1. The average Bonchev–Trinajstić information content (AvgIpc) is 2.72. The van der Waals surface area contributed by atoms with E-state index in [4.69, 9.17) is 0 Å². The summed E-state index contributed by atoms with van der Waals surface area (Å²) >= 11 is 0. The Bertz CT molecular complexity index is 413. The summed E-state index contributed by atoms with van der Waals surface area (Å²) in [5.41, 5.74) is 0.717. The van der Waals surface area contributed by atoms with Crippen molar-refractivity contribution >= 4 is 5.78 Å². The number of nitrogens with zero attached hydrogens (tertiary/aromatic N) is 2. The molecule has 0 aliphatic carbocycles. The summed E-state index contributed by atoms with van der Waals surface area (Å²) in [6.45, 7) is 0.296. The highest BCUT2D eigenvalue weighted by Crippen LogP contribution is 1.99. The zero-order chi connectivity index (χ0) is 9.80. The first-order valence-corrected chi connectivity index (χ1v) is 4.33. The molecule has 0 aliphatic rings. The molecule has 0 aliphatic heterocycles. The Balaban J connectivity index is 0.00000112. The molecule has 2 rings (SSSR count). The molecular formula is C10H10BrN3O. The molecule has 4 nitrogen and oxygen atoms in total. The van der Waals surface area contributed by atoms with Crippen LogP contribution in [0.1, 0.15) is 10.4 Å². The molecule has 0 atom stereocenters. The number of ketones is 1. The van der Waals surface area contributed by atoms with Gasteiger partial charge in [0.05, 0.1) is 0 Å². The molecule has 0 spiro atoms. The Kier molecular flexibility index (Phi) is 4.17. The Morgan fingerprint density at radius 1 is 1.33 bits per heavy atom. The monoisotopic (exact) mass is 267 g/mol.